The SMILES string of the molecule is CCC(C)(COC(=O)CP(=O)(O)O)C(=O)OCCCS(=O)(=O)[O-].[Na+]. The van der Waals surface area contributed by atoms with Gasteiger partial charge in [0.2, 0.25) is 0 Å². The van der Waals surface area contributed by atoms with Crippen LogP contribution < -0.4 is 29.6 Å². The Balaban J connectivity index is 0. The first kappa shape index (κ1) is 26.2. The average molecular weight is 398 g/mol. The monoisotopic (exact) mass is 398 g/mol. The topological polar surface area (TPSA) is 167 Å². The van der Waals surface area contributed by atoms with Crippen LogP contribution in [0.1, 0.15) is 26.7 Å². The average Bonchev–Trinajstić information content (AvgIpc) is 2.37. The van der Waals surface area contributed by atoms with Gasteiger partial charge in [0.15, 0.2) is 0 Å². The van der Waals surface area contributed by atoms with Crippen LogP contribution in [0, 0.1) is 5.41 Å². The summed E-state index contributed by atoms with van der Waals surface area (Å²) < 4.78 is 51.4. The Kier molecular flexibility index (Phi) is 11.9. The number of hydrogen-bond acceptors (Lipinski definition) is 8. The fourth-order valence-electron chi connectivity index (χ4n) is 1.33. The van der Waals surface area contributed by atoms with Crippen molar-refractivity contribution in [3.63, 3.8) is 0 Å². The molecule has 0 spiro atoms. The first-order chi connectivity index (χ1) is 10.3. The molecule has 0 aliphatic heterocycles. The van der Waals surface area contributed by atoms with Crippen molar-refractivity contribution in [1.29, 1.82) is 0 Å². The summed E-state index contributed by atoms with van der Waals surface area (Å²) >= 11 is 0. The van der Waals surface area contributed by atoms with Gasteiger partial charge in [0.1, 0.15) is 12.8 Å². The van der Waals surface area contributed by atoms with Crippen LogP contribution in [-0.4, -0.2) is 59.8 Å². The molecule has 0 aromatic carbocycles. The van der Waals surface area contributed by atoms with Crippen LogP contribution in [0.4, 0.5) is 0 Å². The molecular weight excluding hydrogens is 378 g/mol. The molecular formula is C11H20NaO10PS. The summed E-state index contributed by atoms with van der Waals surface area (Å²) in [5.74, 6) is -2.59. The van der Waals surface area contributed by atoms with E-state index in [-0.39, 0.29) is 49.0 Å². The van der Waals surface area contributed by atoms with E-state index in [1.54, 1.807) is 6.92 Å². The molecule has 0 saturated heterocycles. The van der Waals surface area contributed by atoms with Gasteiger partial charge in [-0.2, -0.15) is 0 Å². The number of hydrogen-bond donors (Lipinski definition) is 2. The standard InChI is InChI=1S/C11H21O10PS.Na/c1-3-11(2,8-21-9(12)7-22(14,15)16)10(13)20-5-4-6-23(17,18)19;/h3-8H2,1-2H3,(H2,14,15,16)(H,17,18,19);/q;+1/p-1. The Hall–Kier alpha value is 0. The summed E-state index contributed by atoms with van der Waals surface area (Å²) in [6.07, 6.45) is -1.05. The molecule has 136 valence electrons. The van der Waals surface area contributed by atoms with Crippen molar-refractivity contribution >= 4 is 29.7 Å². The summed E-state index contributed by atoms with van der Waals surface area (Å²) in [6.45, 7) is 2.30. The Morgan fingerprint density at radius 3 is 2.21 bits per heavy atom. The Morgan fingerprint density at radius 1 is 1.25 bits per heavy atom. The van der Waals surface area contributed by atoms with Gasteiger partial charge in [0, 0.05) is 5.75 Å². The van der Waals surface area contributed by atoms with Crippen molar-refractivity contribution in [3.8, 4) is 0 Å². The van der Waals surface area contributed by atoms with Crippen molar-refractivity contribution in [2.75, 3.05) is 25.1 Å². The third-order valence-corrected chi connectivity index (χ3v) is 4.39. The van der Waals surface area contributed by atoms with Crippen LogP contribution in [-0.2, 0) is 33.7 Å². The Labute approximate surface area is 162 Å². The van der Waals surface area contributed by atoms with Gasteiger partial charge in [0.25, 0.3) is 0 Å². The van der Waals surface area contributed by atoms with Gasteiger partial charge >= 0.3 is 49.1 Å². The number of esters is 2. The molecule has 0 aromatic heterocycles. The molecule has 0 bridgehead atoms. The number of carbonyl (C=O) groups excluding carboxylic acids is 2. The molecule has 0 aromatic rings. The smallest absolute Gasteiger partial charge is 0.748 e. The minimum atomic E-state index is -4.55. The van der Waals surface area contributed by atoms with Crippen molar-refractivity contribution in [2.24, 2.45) is 5.41 Å². The number of rotatable bonds is 10. The van der Waals surface area contributed by atoms with Gasteiger partial charge in [-0.05, 0) is 19.8 Å². The van der Waals surface area contributed by atoms with Crippen LogP contribution >= 0.6 is 7.60 Å². The quantitative estimate of drug-likeness (QED) is 0.124. The van der Waals surface area contributed by atoms with Crippen LogP contribution in [0.3, 0.4) is 0 Å². The predicted molar refractivity (Wildman–Crippen MR) is 76.4 cm³/mol. The molecule has 0 amide bonds. The molecule has 0 aliphatic carbocycles. The Bertz CT molecular complexity index is 571. The maximum atomic E-state index is 11.9. The predicted octanol–water partition coefficient (Wildman–Crippen LogP) is -3.39. The normalized spacial score (nSPS) is 14.2. The van der Waals surface area contributed by atoms with E-state index in [1.807, 2.05) is 0 Å². The van der Waals surface area contributed by atoms with Crippen LogP contribution in [0.25, 0.3) is 0 Å². The second-order valence-electron chi connectivity index (χ2n) is 5.15. The first-order valence-electron chi connectivity index (χ1n) is 6.60. The van der Waals surface area contributed by atoms with E-state index in [2.05, 4.69) is 4.74 Å². The van der Waals surface area contributed by atoms with E-state index in [0.717, 1.165) is 0 Å². The third-order valence-electron chi connectivity index (χ3n) is 2.93. The molecule has 0 saturated carbocycles. The molecule has 2 N–H and O–H groups in total. The van der Waals surface area contributed by atoms with E-state index < -0.39 is 53.6 Å². The molecule has 24 heavy (non-hydrogen) atoms. The molecule has 10 nitrogen and oxygen atoms in total. The first-order valence-corrected chi connectivity index (χ1v) is 9.97. The van der Waals surface area contributed by atoms with Crippen molar-refractivity contribution in [1.82, 2.24) is 0 Å². The molecule has 13 heteroatoms. The summed E-state index contributed by atoms with van der Waals surface area (Å²) in [5.41, 5.74) is -1.25. The zero-order valence-electron chi connectivity index (χ0n) is 13.8. The van der Waals surface area contributed by atoms with Gasteiger partial charge in [-0.3, -0.25) is 14.2 Å². The fraction of sp³-hybridized carbons (Fsp3) is 0.818. The van der Waals surface area contributed by atoms with Crippen LogP contribution in [0.15, 0.2) is 0 Å². The van der Waals surface area contributed by atoms with Gasteiger partial charge in [-0.1, -0.05) is 6.92 Å². The van der Waals surface area contributed by atoms with Crippen molar-refractivity contribution in [2.45, 2.75) is 26.7 Å². The van der Waals surface area contributed by atoms with Gasteiger partial charge in [-0.15, -0.1) is 0 Å². The maximum absolute atomic E-state index is 11.9. The molecule has 0 aliphatic rings. The van der Waals surface area contributed by atoms with Gasteiger partial charge < -0.3 is 23.8 Å². The molecule has 0 rings (SSSR count). The van der Waals surface area contributed by atoms with Crippen LogP contribution in [0.2, 0.25) is 0 Å². The number of ether oxygens (including phenoxy) is 2. The summed E-state index contributed by atoms with van der Waals surface area (Å²) in [4.78, 5) is 40.4. The van der Waals surface area contributed by atoms with E-state index in [4.69, 9.17) is 14.5 Å². The maximum Gasteiger partial charge on any atom is 1.00 e. The summed E-state index contributed by atoms with van der Waals surface area (Å²) in [7, 11) is -8.94. The molecule has 1 unspecified atom stereocenters. The molecule has 1 atom stereocenters. The number of carbonyl (C=O) groups is 2. The zero-order valence-corrected chi connectivity index (χ0v) is 17.5. The van der Waals surface area contributed by atoms with E-state index >= 15 is 0 Å². The largest absolute Gasteiger partial charge is 1.00 e. The second kappa shape index (κ2) is 10.9. The molecule has 0 radical (unpaired) electrons. The minimum Gasteiger partial charge on any atom is -0.748 e. The Morgan fingerprint density at radius 2 is 1.79 bits per heavy atom. The molecule has 0 fully saturated rings. The van der Waals surface area contributed by atoms with Gasteiger partial charge in [-0.25, -0.2) is 8.42 Å². The third kappa shape index (κ3) is 12.4. The summed E-state index contributed by atoms with van der Waals surface area (Å²) in [5, 5.41) is 0. The van der Waals surface area contributed by atoms with E-state index in [0.29, 0.717) is 0 Å². The summed E-state index contributed by atoms with van der Waals surface area (Å²) in [6, 6.07) is 0. The van der Waals surface area contributed by atoms with Crippen molar-refractivity contribution < 1.29 is 75.9 Å². The second-order valence-corrected chi connectivity index (χ2v) is 8.32. The van der Waals surface area contributed by atoms with Crippen molar-refractivity contribution in [3.05, 3.63) is 0 Å². The van der Waals surface area contributed by atoms with E-state index in [1.165, 1.54) is 6.92 Å². The molecule has 0 heterocycles. The van der Waals surface area contributed by atoms with Gasteiger partial charge in [0.05, 0.1) is 22.1 Å². The van der Waals surface area contributed by atoms with E-state index in [9.17, 15) is 27.1 Å². The zero-order chi connectivity index (χ0) is 18.3. The van der Waals surface area contributed by atoms with Crippen LogP contribution in [0.5, 0.6) is 0 Å². The fourth-order valence-corrected chi connectivity index (χ4v) is 2.23. The minimum absolute atomic E-state index is 0.